The van der Waals surface area contributed by atoms with Gasteiger partial charge in [-0.3, -0.25) is 14.4 Å². The summed E-state index contributed by atoms with van der Waals surface area (Å²) in [6.07, 6.45) is 0. The van der Waals surface area contributed by atoms with Crippen molar-refractivity contribution in [1.29, 1.82) is 0 Å². The zero-order valence-corrected chi connectivity index (χ0v) is 15.6. The van der Waals surface area contributed by atoms with Crippen molar-refractivity contribution in [2.45, 2.75) is 6.92 Å². The van der Waals surface area contributed by atoms with Gasteiger partial charge in [0.15, 0.2) is 5.78 Å². The van der Waals surface area contributed by atoms with Crippen LogP contribution >= 0.6 is 0 Å². The zero-order chi connectivity index (χ0) is 19.4. The van der Waals surface area contributed by atoms with Crippen molar-refractivity contribution in [3.63, 3.8) is 0 Å². The number of ketones is 1. The van der Waals surface area contributed by atoms with Crippen LogP contribution in [0.3, 0.4) is 0 Å². The molecular formula is C21H23N3O3. The summed E-state index contributed by atoms with van der Waals surface area (Å²) in [4.78, 5) is 40.5. The third-order valence-corrected chi connectivity index (χ3v) is 4.71. The van der Waals surface area contributed by atoms with Gasteiger partial charge in [0.2, 0.25) is 0 Å². The number of hydrogen-bond donors (Lipinski definition) is 1. The molecule has 0 bridgehead atoms. The maximum absolute atomic E-state index is 12.6. The van der Waals surface area contributed by atoms with E-state index in [0.29, 0.717) is 35.5 Å². The molecule has 6 nitrogen and oxygen atoms in total. The van der Waals surface area contributed by atoms with Crippen LogP contribution in [0, 0.1) is 0 Å². The van der Waals surface area contributed by atoms with Gasteiger partial charge in [0.1, 0.15) is 0 Å². The molecule has 1 fully saturated rings. The second-order valence-electron chi connectivity index (χ2n) is 6.76. The van der Waals surface area contributed by atoms with Gasteiger partial charge in [0.25, 0.3) is 11.8 Å². The lowest BCUT2D eigenvalue weighted by atomic mass is 10.1. The third-order valence-electron chi connectivity index (χ3n) is 4.71. The highest BCUT2D eigenvalue weighted by molar-refractivity contribution is 6.05. The first-order chi connectivity index (χ1) is 12.9. The Morgan fingerprint density at radius 3 is 2.11 bits per heavy atom. The van der Waals surface area contributed by atoms with E-state index in [2.05, 4.69) is 10.2 Å². The molecule has 0 spiro atoms. The van der Waals surface area contributed by atoms with Gasteiger partial charge in [-0.2, -0.15) is 0 Å². The molecule has 1 N–H and O–H groups in total. The molecular weight excluding hydrogens is 342 g/mol. The lowest BCUT2D eigenvalue weighted by Gasteiger charge is -2.32. The van der Waals surface area contributed by atoms with Crippen molar-refractivity contribution in [3.05, 3.63) is 65.2 Å². The normalized spacial score (nSPS) is 14.7. The highest BCUT2D eigenvalue weighted by Crippen LogP contribution is 2.14. The van der Waals surface area contributed by atoms with Gasteiger partial charge in [-0.15, -0.1) is 0 Å². The molecule has 2 aromatic carbocycles. The Labute approximate surface area is 158 Å². The standard InChI is InChI=1S/C21H23N3O3/c1-15(25)18-4-3-5-19(14-18)22-20(26)16-6-8-17(9-7-16)21(27)24-12-10-23(2)11-13-24/h3-9,14H,10-13H2,1-2H3,(H,22,26). The van der Waals surface area contributed by atoms with Crippen LogP contribution in [0.4, 0.5) is 5.69 Å². The molecule has 0 radical (unpaired) electrons. The van der Waals surface area contributed by atoms with Crippen molar-refractivity contribution in [1.82, 2.24) is 9.80 Å². The summed E-state index contributed by atoms with van der Waals surface area (Å²) >= 11 is 0. The predicted molar refractivity (Wildman–Crippen MR) is 104 cm³/mol. The molecule has 2 amide bonds. The minimum Gasteiger partial charge on any atom is -0.336 e. The fraction of sp³-hybridized carbons (Fsp3) is 0.286. The number of nitrogens with one attached hydrogen (secondary N) is 1. The van der Waals surface area contributed by atoms with Gasteiger partial charge < -0.3 is 15.1 Å². The largest absolute Gasteiger partial charge is 0.336 e. The SMILES string of the molecule is CC(=O)c1cccc(NC(=O)c2ccc(C(=O)N3CCN(C)CC3)cc2)c1. The fourth-order valence-corrected chi connectivity index (χ4v) is 2.98. The Kier molecular flexibility index (Phi) is 5.66. The molecule has 0 unspecified atom stereocenters. The Hall–Kier alpha value is -2.99. The number of rotatable bonds is 4. The zero-order valence-electron chi connectivity index (χ0n) is 15.6. The van der Waals surface area contributed by atoms with E-state index in [4.69, 9.17) is 0 Å². The first-order valence-corrected chi connectivity index (χ1v) is 8.94. The van der Waals surface area contributed by atoms with Crippen molar-refractivity contribution >= 4 is 23.3 Å². The Morgan fingerprint density at radius 2 is 1.48 bits per heavy atom. The van der Waals surface area contributed by atoms with Crippen molar-refractivity contribution in [3.8, 4) is 0 Å². The third kappa shape index (κ3) is 4.60. The molecule has 6 heteroatoms. The lowest BCUT2D eigenvalue weighted by Crippen LogP contribution is -2.47. The molecule has 0 aliphatic carbocycles. The predicted octanol–water partition coefficient (Wildman–Crippen LogP) is 2.53. The summed E-state index contributed by atoms with van der Waals surface area (Å²) in [7, 11) is 2.04. The van der Waals surface area contributed by atoms with Gasteiger partial charge in [0.05, 0.1) is 0 Å². The van der Waals surface area contributed by atoms with E-state index < -0.39 is 0 Å². The maximum Gasteiger partial charge on any atom is 0.255 e. The van der Waals surface area contributed by atoms with E-state index >= 15 is 0 Å². The van der Waals surface area contributed by atoms with Gasteiger partial charge in [-0.05, 0) is 50.4 Å². The van der Waals surface area contributed by atoms with Crippen LogP contribution < -0.4 is 5.32 Å². The van der Waals surface area contributed by atoms with Gasteiger partial charge in [0, 0.05) is 48.6 Å². The van der Waals surface area contributed by atoms with Crippen LogP contribution in [0.1, 0.15) is 38.0 Å². The average molecular weight is 365 g/mol. The second-order valence-corrected chi connectivity index (χ2v) is 6.76. The number of nitrogens with zero attached hydrogens (tertiary/aromatic N) is 2. The van der Waals surface area contributed by atoms with Crippen LogP contribution in [0.5, 0.6) is 0 Å². The summed E-state index contributed by atoms with van der Waals surface area (Å²) < 4.78 is 0. The number of carbonyl (C=O) groups is 3. The Morgan fingerprint density at radius 1 is 0.852 bits per heavy atom. The second kappa shape index (κ2) is 8.14. The number of anilines is 1. The minimum atomic E-state index is -0.283. The average Bonchev–Trinajstić information content (AvgIpc) is 2.68. The molecule has 0 aromatic heterocycles. The molecule has 140 valence electrons. The van der Waals surface area contributed by atoms with Crippen LogP contribution in [0.15, 0.2) is 48.5 Å². The van der Waals surface area contributed by atoms with Gasteiger partial charge >= 0.3 is 0 Å². The molecule has 3 rings (SSSR count). The molecule has 1 saturated heterocycles. The topological polar surface area (TPSA) is 69.7 Å². The summed E-state index contributed by atoms with van der Waals surface area (Å²) in [6, 6.07) is 13.5. The van der Waals surface area contributed by atoms with Gasteiger partial charge in [-0.25, -0.2) is 0 Å². The number of piperazine rings is 1. The molecule has 0 saturated carbocycles. The summed E-state index contributed by atoms with van der Waals surface area (Å²) in [5.74, 6) is -0.351. The molecule has 2 aromatic rings. The maximum atomic E-state index is 12.6. The van der Waals surface area contributed by atoms with Crippen LogP contribution in [0.2, 0.25) is 0 Å². The molecule has 27 heavy (non-hydrogen) atoms. The Bertz CT molecular complexity index is 853. The summed E-state index contributed by atoms with van der Waals surface area (Å²) in [6.45, 7) is 4.64. The highest BCUT2D eigenvalue weighted by Gasteiger charge is 2.20. The number of Topliss-reactive ketones (excluding diaryl/α,β-unsaturated/α-hetero) is 1. The monoisotopic (exact) mass is 365 g/mol. The van der Waals surface area contributed by atoms with Crippen molar-refractivity contribution in [2.75, 3.05) is 38.5 Å². The van der Waals surface area contributed by atoms with Crippen molar-refractivity contribution < 1.29 is 14.4 Å². The van der Waals surface area contributed by atoms with E-state index in [0.717, 1.165) is 13.1 Å². The van der Waals surface area contributed by atoms with E-state index in [1.165, 1.54) is 6.92 Å². The summed E-state index contributed by atoms with van der Waals surface area (Å²) in [5.41, 5.74) is 2.14. The molecule has 1 aliphatic rings. The number of carbonyl (C=O) groups excluding carboxylic acids is 3. The molecule has 1 aliphatic heterocycles. The quantitative estimate of drug-likeness (QED) is 0.846. The molecule has 0 atom stereocenters. The number of hydrogen-bond acceptors (Lipinski definition) is 4. The van der Waals surface area contributed by atoms with E-state index in [-0.39, 0.29) is 17.6 Å². The molecule has 1 heterocycles. The Balaban J connectivity index is 1.66. The smallest absolute Gasteiger partial charge is 0.255 e. The first kappa shape index (κ1) is 18.8. The summed E-state index contributed by atoms with van der Waals surface area (Å²) in [5, 5.41) is 2.78. The van der Waals surface area contributed by atoms with Crippen molar-refractivity contribution in [2.24, 2.45) is 0 Å². The van der Waals surface area contributed by atoms with Crippen LogP contribution in [-0.2, 0) is 0 Å². The minimum absolute atomic E-state index is 0.00998. The fourth-order valence-electron chi connectivity index (χ4n) is 2.98. The van der Waals surface area contributed by atoms with E-state index in [9.17, 15) is 14.4 Å². The van der Waals surface area contributed by atoms with Crippen LogP contribution in [-0.4, -0.2) is 60.6 Å². The van der Waals surface area contributed by atoms with Gasteiger partial charge in [-0.1, -0.05) is 12.1 Å². The number of likely N-dealkylation sites (N-methyl/N-ethyl adjacent to an activating group) is 1. The van der Waals surface area contributed by atoms with E-state index in [1.807, 2.05) is 11.9 Å². The lowest BCUT2D eigenvalue weighted by molar-refractivity contribution is 0.0663. The number of benzene rings is 2. The number of amides is 2. The highest BCUT2D eigenvalue weighted by atomic mass is 16.2. The first-order valence-electron chi connectivity index (χ1n) is 8.94. The van der Waals surface area contributed by atoms with E-state index in [1.54, 1.807) is 48.5 Å². The van der Waals surface area contributed by atoms with Crippen LogP contribution in [0.25, 0.3) is 0 Å².